The Balaban J connectivity index is 1.82. The number of halogens is 3. The summed E-state index contributed by atoms with van der Waals surface area (Å²) in [6.45, 7) is 13.1. The molecule has 0 spiro atoms. The minimum Gasteiger partial charge on any atom is -0.393 e. The van der Waals surface area contributed by atoms with E-state index in [4.69, 9.17) is 15.0 Å². The molecule has 1 aliphatic carbocycles. The van der Waals surface area contributed by atoms with Crippen molar-refractivity contribution in [3.63, 3.8) is 0 Å². The molecule has 0 aromatic carbocycles. The van der Waals surface area contributed by atoms with Crippen molar-refractivity contribution < 1.29 is 18.3 Å². The molecule has 7 nitrogen and oxygen atoms in total. The molecular weight excluding hydrogens is 541 g/mol. The Labute approximate surface area is 250 Å². The summed E-state index contributed by atoms with van der Waals surface area (Å²) in [6.07, 6.45) is 3.20. The highest BCUT2D eigenvalue weighted by Crippen LogP contribution is 2.24. The van der Waals surface area contributed by atoms with Crippen molar-refractivity contribution in [2.45, 2.75) is 110 Å². The molecule has 2 unspecified atom stereocenters. The van der Waals surface area contributed by atoms with E-state index in [1.54, 1.807) is 0 Å². The zero-order valence-electron chi connectivity index (χ0n) is 26.1. The minimum absolute atomic E-state index is 0.0559. The van der Waals surface area contributed by atoms with Crippen LogP contribution in [0.25, 0.3) is 5.57 Å². The van der Waals surface area contributed by atoms with E-state index >= 15 is 0 Å². The first-order valence-corrected chi connectivity index (χ1v) is 15.6. The van der Waals surface area contributed by atoms with E-state index in [9.17, 15) is 18.3 Å². The molecule has 1 aromatic rings. The average Bonchev–Trinajstić information content (AvgIpc) is 2.94. The number of aromatic nitrogens is 1. The topological polar surface area (TPSA) is 76.4 Å². The summed E-state index contributed by atoms with van der Waals surface area (Å²) in [5.74, 6) is 0.717. The maximum atomic E-state index is 12.6. The van der Waals surface area contributed by atoms with Crippen molar-refractivity contribution in [3.8, 4) is 0 Å². The van der Waals surface area contributed by atoms with Crippen LogP contribution in [0.5, 0.6) is 0 Å². The molecule has 10 heteroatoms. The molecule has 2 heterocycles. The number of aliphatic hydroxyl groups excluding tert-OH is 1. The van der Waals surface area contributed by atoms with E-state index < -0.39 is 12.6 Å². The van der Waals surface area contributed by atoms with Gasteiger partial charge in [-0.3, -0.25) is 14.9 Å². The molecule has 0 radical (unpaired) electrons. The first-order valence-electron chi connectivity index (χ1n) is 15.6. The number of allylic oxidation sites excluding steroid dienone is 2. The van der Waals surface area contributed by atoms with Gasteiger partial charge in [0.1, 0.15) is 5.84 Å². The van der Waals surface area contributed by atoms with Crippen LogP contribution in [-0.4, -0.2) is 89.5 Å². The van der Waals surface area contributed by atoms with Gasteiger partial charge in [0.05, 0.1) is 11.8 Å². The van der Waals surface area contributed by atoms with E-state index in [-0.39, 0.29) is 30.5 Å². The van der Waals surface area contributed by atoms with E-state index in [2.05, 4.69) is 35.2 Å². The summed E-state index contributed by atoms with van der Waals surface area (Å²) in [5, 5.41) is 13.6. The number of rotatable bonds is 12. The van der Waals surface area contributed by atoms with Crippen molar-refractivity contribution in [2.24, 2.45) is 15.9 Å². The lowest BCUT2D eigenvalue weighted by molar-refractivity contribution is -0.135. The molecule has 1 saturated heterocycles. The molecule has 2 atom stereocenters. The highest BCUT2D eigenvalue weighted by molar-refractivity contribution is 6.13. The van der Waals surface area contributed by atoms with Gasteiger partial charge in [-0.15, -0.1) is 0 Å². The number of nitrogens with one attached hydrogen (secondary N) is 1. The van der Waals surface area contributed by atoms with Crippen LogP contribution in [0.2, 0.25) is 0 Å². The summed E-state index contributed by atoms with van der Waals surface area (Å²) in [6, 6.07) is 4.19. The third kappa shape index (κ3) is 11.8. The van der Waals surface area contributed by atoms with Crippen LogP contribution in [0.3, 0.4) is 0 Å². The number of hydrogen-bond acceptors (Lipinski definition) is 6. The Bertz CT molecular complexity index is 1040. The van der Waals surface area contributed by atoms with E-state index in [0.717, 1.165) is 81.8 Å². The van der Waals surface area contributed by atoms with Crippen molar-refractivity contribution in [1.82, 2.24) is 20.1 Å². The Morgan fingerprint density at radius 2 is 1.83 bits per heavy atom. The summed E-state index contributed by atoms with van der Waals surface area (Å²) in [5.41, 5.74) is 3.80. The van der Waals surface area contributed by atoms with Crippen molar-refractivity contribution in [3.05, 3.63) is 35.3 Å². The first-order chi connectivity index (χ1) is 19.9. The van der Waals surface area contributed by atoms with Crippen molar-refractivity contribution >= 4 is 17.6 Å². The van der Waals surface area contributed by atoms with Gasteiger partial charge in [-0.1, -0.05) is 19.9 Å². The van der Waals surface area contributed by atoms with Gasteiger partial charge in [0.2, 0.25) is 0 Å². The zero-order chi connectivity index (χ0) is 30.7. The molecule has 2 fully saturated rings. The Morgan fingerprint density at radius 1 is 1.14 bits per heavy atom. The number of nitrogens with zero attached hydrogens (tertiary/aromatic N) is 5. The largest absolute Gasteiger partial charge is 0.393 e. The number of aliphatic imine (C=N–C) groups is 2. The molecule has 2 aliphatic rings. The molecule has 1 aromatic heterocycles. The van der Waals surface area contributed by atoms with Gasteiger partial charge in [-0.25, -0.2) is 4.99 Å². The fraction of sp³-hybridized carbons (Fsp3) is 0.719. The number of amidine groups is 1. The smallest absolute Gasteiger partial charge is 0.389 e. The zero-order valence-corrected chi connectivity index (χ0v) is 26.1. The third-order valence-electron chi connectivity index (χ3n) is 8.44. The number of likely N-dealkylation sites (N-methyl/N-ethyl adjacent to an activating group) is 1. The molecule has 2 N–H and O–H groups in total. The second-order valence-corrected chi connectivity index (χ2v) is 12.2. The normalized spacial score (nSPS) is 23.6. The molecule has 0 bridgehead atoms. The van der Waals surface area contributed by atoms with Gasteiger partial charge >= 0.3 is 6.18 Å². The van der Waals surface area contributed by atoms with Crippen molar-refractivity contribution in [2.75, 3.05) is 33.2 Å². The lowest BCUT2D eigenvalue weighted by Gasteiger charge is -2.32. The molecule has 3 rings (SSSR count). The number of hydrogen-bond donors (Lipinski definition) is 2. The van der Waals surface area contributed by atoms with Crippen LogP contribution in [0.4, 0.5) is 13.2 Å². The van der Waals surface area contributed by atoms with Gasteiger partial charge in [-0.2, -0.15) is 13.2 Å². The Hall–Kier alpha value is -2.30. The summed E-state index contributed by atoms with van der Waals surface area (Å²) >= 11 is 0. The van der Waals surface area contributed by atoms with Crippen LogP contribution in [0.15, 0.2) is 34.0 Å². The number of alkyl halides is 3. The maximum Gasteiger partial charge on any atom is 0.389 e. The Kier molecular flexibility index (Phi) is 13.5. The van der Waals surface area contributed by atoms with Crippen LogP contribution < -0.4 is 5.32 Å². The van der Waals surface area contributed by atoms with Crippen LogP contribution in [0, 0.1) is 5.92 Å². The standard InChI is InChI=1S/C32H51F3N6O/c1-6-23(2)31(38-24(3)8-7-15-32(33,34)35)37-21-29(25(4)39-27-10-12-28(42)13-11-27)30-14-9-26(20-36-30)22-41-18-16-40(5)17-19-41/h9,14,20-21,23-24,27-28,39,42H,6-8,10-13,15-19,22H2,1-5H3. The Morgan fingerprint density at radius 3 is 2.43 bits per heavy atom. The lowest BCUT2D eigenvalue weighted by Crippen LogP contribution is -2.43. The second-order valence-electron chi connectivity index (χ2n) is 12.2. The average molecular weight is 593 g/mol. The van der Waals surface area contributed by atoms with Crippen LogP contribution in [0.1, 0.15) is 90.3 Å². The van der Waals surface area contributed by atoms with E-state index in [0.29, 0.717) is 12.3 Å². The molecule has 1 saturated carbocycles. The first kappa shape index (κ1) is 34.2. The van der Waals surface area contributed by atoms with Gasteiger partial charge in [-0.05, 0) is 77.5 Å². The van der Waals surface area contributed by atoms with Gasteiger partial charge in [0.15, 0.2) is 0 Å². The summed E-state index contributed by atoms with van der Waals surface area (Å²) in [4.78, 5) is 19.2. The number of aliphatic hydroxyl groups is 1. The van der Waals surface area contributed by atoms with Crippen LogP contribution in [-0.2, 0) is 6.54 Å². The predicted octanol–water partition coefficient (Wildman–Crippen LogP) is 6.09. The fourth-order valence-corrected chi connectivity index (χ4v) is 5.39. The molecule has 42 heavy (non-hydrogen) atoms. The van der Waals surface area contributed by atoms with Gasteiger partial charge in [0.25, 0.3) is 0 Å². The third-order valence-corrected chi connectivity index (χ3v) is 8.44. The quantitative estimate of drug-likeness (QED) is 0.227. The maximum absolute atomic E-state index is 12.6. The van der Waals surface area contributed by atoms with Crippen molar-refractivity contribution in [1.29, 1.82) is 0 Å². The van der Waals surface area contributed by atoms with Gasteiger partial charge < -0.3 is 15.3 Å². The van der Waals surface area contributed by atoms with Crippen LogP contribution >= 0.6 is 0 Å². The summed E-state index contributed by atoms with van der Waals surface area (Å²) in [7, 11) is 2.15. The summed E-state index contributed by atoms with van der Waals surface area (Å²) < 4.78 is 37.9. The van der Waals surface area contributed by atoms with Gasteiger partial charge in [0, 0.05) is 80.8 Å². The monoisotopic (exact) mass is 592 g/mol. The van der Waals surface area contributed by atoms with E-state index in [1.165, 1.54) is 5.56 Å². The SMILES string of the molecule is CCC(C)C(N=CC(=C(C)NC1CCC(O)CC1)c1ccc(CN2CCN(C)CC2)cn1)=NC(C)CCCC(F)(F)F. The highest BCUT2D eigenvalue weighted by atomic mass is 19.4. The molecule has 1 aliphatic heterocycles. The predicted molar refractivity (Wildman–Crippen MR) is 166 cm³/mol. The number of pyridine rings is 1. The number of piperazine rings is 1. The molecule has 236 valence electrons. The highest BCUT2D eigenvalue weighted by Gasteiger charge is 2.26. The molecular formula is C32H51F3N6O. The fourth-order valence-electron chi connectivity index (χ4n) is 5.39. The second kappa shape index (κ2) is 16.5. The molecule has 0 amide bonds. The van der Waals surface area contributed by atoms with E-state index in [1.807, 2.05) is 39.2 Å². The minimum atomic E-state index is -4.14. The lowest BCUT2D eigenvalue weighted by atomic mass is 9.93.